The third kappa shape index (κ3) is 8.64. The molecule has 0 aliphatic carbocycles. The van der Waals surface area contributed by atoms with Crippen molar-refractivity contribution in [2.75, 3.05) is 22.6 Å². The molecule has 0 bridgehead atoms. The Balaban J connectivity index is 1.30. The molecule has 0 radical (unpaired) electrons. The zero-order valence-corrected chi connectivity index (χ0v) is 24.7. The van der Waals surface area contributed by atoms with E-state index in [1.807, 2.05) is 0 Å². The van der Waals surface area contributed by atoms with E-state index in [0.717, 1.165) is 39.5 Å². The highest BCUT2D eigenvalue weighted by Crippen LogP contribution is 2.32. The number of urea groups is 1. The Morgan fingerprint density at radius 3 is 2.57 bits per heavy atom. The second-order valence-electron chi connectivity index (χ2n) is 9.84. The molecule has 1 aliphatic rings. The number of rotatable bonds is 8. The molecular weight excluding hydrogens is 661 g/mol. The summed E-state index contributed by atoms with van der Waals surface area (Å²) in [6.45, 7) is -0.256. The van der Waals surface area contributed by atoms with E-state index in [1.54, 1.807) is 19.1 Å². The van der Waals surface area contributed by atoms with Gasteiger partial charge in [0, 0.05) is 17.2 Å². The van der Waals surface area contributed by atoms with Gasteiger partial charge < -0.3 is 14.8 Å². The summed E-state index contributed by atoms with van der Waals surface area (Å²) in [6, 6.07) is 12.2. The van der Waals surface area contributed by atoms with Gasteiger partial charge >= 0.3 is 18.6 Å². The Kier molecular flexibility index (Phi) is 9.53. The van der Waals surface area contributed by atoms with Crippen LogP contribution < -0.4 is 15.0 Å². The van der Waals surface area contributed by atoms with Crippen LogP contribution in [0.5, 0.6) is 5.75 Å². The van der Waals surface area contributed by atoms with Crippen LogP contribution in [0.2, 0.25) is 0 Å². The highest BCUT2D eigenvalue weighted by atomic mass is 32.2. The zero-order chi connectivity index (χ0) is 33.9. The van der Waals surface area contributed by atoms with Crippen molar-refractivity contribution in [2.24, 2.45) is 4.99 Å². The van der Waals surface area contributed by atoms with Crippen LogP contribution in [0.1, 0.15) is 11.1 Å². The number of aromatic nitrogens is 3. The quantitative estimate of drug-likeness (QED) is 0.199. The van der Waals surface area contributed by atoms with E-state index in [0.29, 0.717) is 5.56 Å². The van der Waals surface area contributed by atoms with Crippen molar-refractivity contribution >= 4 is 40.2 Å². The molecule has 4 aromatic rings. The number of carbonyl (C=O) groups excluding carboxylic acids is 2. The number of halogens is 7. The fourth-order valence-corrected chi connectivity index (χ4v) is 5.15. The van der Waals surface area contributed by atoms with E-state index in [9.17, 15) is 35.9 Å². The van der Waals surface area contributed by atoms with Gasteiger partial charge in [-0.15, -0.1) is 18.3 Å². The molecule has 0 saturated carbocycles. The number of carbonyl (C=O) groups is 2. The summed E-state index contributed by atoms with van der Waals surface area (Å²) >= 11 is 0.911. The Morgan fingerprint density at radius 1 is 1.06 bits per heavy atom. The minimum Gasteiger partial charge on any atom is -0.406 e. The van der Waals surface area contributed by atoms with Gasteiger partial charge in [0.1, 0.15) is 24.5 Å². The van der Waals surface area contributed by atoms with Gasteiger partial charge in [0.15, 0.2) is 11.0 Å². The summed E-state index contributed by atoms with van der Waals surface area (Å²) in [5, 5.41) is 6.37. The molecule has 0 spiro atoms. The van der Waals surface area contributed by atoms with Crippen LogP contribution in [0, 0.1) is 12.7 Å². The number of nitrogens with zero attached hydrogens (tertiary/aromatic N) is 5. The standard InChI is InChI=1S/C29H21F7N6O4S/c1-16-5-6-18(12-45-14-28(31,32)33)23(9-16)42-24(43)13-47-27(42)39-26(44)38-22-8-7-17(10-21(22)30)25-37-15-41(40-25)19-3-2-4-20(11-19)46-29(34,35)36/h2-11,15H,12-14H2,1H3,(H,38,44)/b39-27-. The monoisotopic (exact) mass is 682 g/mol. The van der Waals surface area contributed by atoms with E-state index < -0.39 is 49.3 Å². The summed E-state index contributed by atoms with van der Waals surface area (Å²) < 4.78 is 100. The van der Waals surface area contributed by atoms with Crippen LogP contribution in [-0.4, -0.2) is 56.8 Å². The van der Waals surface area contributed by atoms with E-state index in [2.05, 4.69) is 25.1 Å². The van der Waals surface area contributed by atoms with Gasteiger partial charge in [-0.25, -0.2) is 18.9 Å². The van der Waals surface area contributed by atoms with Gasteiger partial charge in [0.25, 0.3) is 0 Å². The Bertz CT molecular complexity index is 1840. The molecule has 47 heavy (non-hydrogen) atoms. The minimum absolute atomic E-state index is 0.0221. The Hall–Kier alpha value is -4.97. The Labute approximate surface area is 265 Å². The van der Waals surface area contributed by atoms with E-state index >= 15 is 4.39 Å². The first-order chi connectivity index (χ1) is 22.1. The molecule has 18 heteroatoms. The number of anilines is 2. The average molecular weight is 683 g/mol. The lowest BCUT2D eigenvalue weighted by molar-refractivity contribution is -0.274. The molecule has 1 aliphatic heterocycles. The number of aryl methyl sites for hydroxylation is 1. The average Bonchev–Trinajstić information content (AvgIpc) is 3.61. The molecule has 0 unspecified atom stereocenters. The number of benzene rings is 3. The summed E-state index contributed by atoms with van der Waals surface area (Å²) in [7, 11) is 0. The summed E-state index contributed by atoms with van der Waals surface area (Å²) in [5.74, 6) is -1.94. The molecular formula is C29H21F7N6O4S. The van der Waals surface area contributed by atoms with Crippen molar-refractivity contribution in [2.45, 2.75) is 26.1 Å². The van der Waals surface area contributed by atoms with Crippen molar-refractivity contribution in [1.29, 1.82) is 0 Å². The second kappa shape index (κ2) is 13.4. The molecule has 2 heterocycles. The first-order valence-electron chi connectivity index (χ1n) is 13.3. The number of ether oxygens (including phenoxy) is 2. The lowest BCUT2D eigenvalue weighted by Crippen LogP contribution is -2.31. The maximum Gasteiger partial charge on any atom is 0.573 e. The van der Waals surface area contributed by atoms with Crippen molar-refractivity contribution in [1.82, 2.24) is 14.8 Å². The molecule has 3 amide bonds. The molecule has 246 valence electrons. The maximum absolute atomic E-state index is 15.0. The van der Waals surface area contributed by atoms with Gasteiger partial charge in [-0.3, -0.25) is 9.69 Å². The van der Waals surface area contributed by atoms with Gasteiger partial charge in [-0.2, -0.15) is 18.2 Å². The number of hydrogen-bond acceptors (Lipinski definition) is 7. The molecule has 5 rings (SSSR count). The summed E-state index contributed by atoms with van der Waals surface area (Å²) in [5.41, 5.74) is 1.21. The van der Waals surface area contributed by atoms with Crippen LogP contribution >= 0.6 is 11.8 Å². The summed E-state index contributed by atoms with van der Waals surface area (Å²) in [4.78, 5) is 34.6. The highest BCUT2D eigenvalue weighted by Gasteiger charge is 2.33. The lowest BCUT2D eigenvalue weighted by Gasteiger charge is -2.21. The number of alkyl halides is 6. The topological polar surface area (TPSA) is 111 Å². The van der Waals surface area contributed by atoms with Gasteiger partial charge in [-0.05, 0) is 48.9 Å². The highest BCUT2D eigenvalue weighted by molar-refractivity contribution is 8.15. The fraction of sp³-hybridized carbons (Fsp3) is 0.207. The van der Waals surface area contributed by atoms with E-state index in [-0.39, 0.29) is 44.9 Å². The molecule has 1 aromatic heterocycles. The predicted octanol–water partition coefficient (Wildman–Crippen LogP) is 7.03. The third-order valence-electron chi connectivity index (χ3n) is 6.24. The van der Waals surface area contributed by atoms with Crippen molar-refractivity contribution in [3.05, 3.63) is 83.9 Å². The van der Waals surface area contributed by atoms with Crippen molar-refractivity contribution in [3.63, 3.8) is 0 Å². The van der Waals surface area contributed by atoms with Crippen LogP contribution in [0.3, 0.4) is 0 Å². The predicted molar refractivity (Wildman–Crippen MR) is 157 cm³/mol. The van der Waals surface area contributed by atoms with Gasteiger partial charge in [-0.1, -0.05) is 30.0 Å². The second-order valence-corrected chi connectivity index (χ2v) is 10.8. The number of aliphatic imine (C=N–C) groups is 1. The molecule has 0 atom stereocenters. The van der Waals surface area contributed by atoms with Crippen LogP contribution in [-0.2, 0) is 16.1 Å². The third-order valence-corrected chi connectivity index (χ3v) is 7.17. The molecule has 1 fully saturated rings. The van der Waals surface area contributed by atoms with Crippen LogP contribution in [0.15, 0.2) is 72.0 Å². The van der Waals surface area contributed by atoms with Crippen molar-refractivity contribution in [3.8, 4) is 22.8 Å². The van der Waals surface area contributed by atoms with Gasteiger partial charge in [0.05, 0.1) is 29.4 Å². The molecule has 10 nitrogen and oxygen atoms in total. The van der Waals surface area contributed by atoms with Crippen molar-refractivity contribution < 1.29 is 49.8 Å². The van der Waals surface area contributed by atoms with E-state index in [1.165, 1.54) is 36.7 Å². The van der Waals surface area contributed by atoms with E-state index in [4.69, 9.17) is 4.74 Å². The lowest BCUT2D eigenvalue weighted by atomic mass is 10.1. The zero-order valence-electron chi connectivity index (χ0n) is 23.9. The number of nitrogens with one attached hydrogen (secondary N) is 1. The number of amides is 3. The maximum atomic E-state index is 15.0. The first-order valence-corrected chi connectivity index (χ1v) is 14.3. The first kappa shape index (κ1) is 33.4. The molecule has 1 saturated heterocycles. The molecule has 1 N–H and O–H groups in total. The SMILES string of the molecule is Cc1ccc(COCC(F)(F)F)c(N2C(=O)CS/C2=N\C(=O)Nc2ccc(-c3ncn(-c4cccc(OC(F)(F)F)c4)n3)cc2F)c1. The smallest absolute Gasteiger partial charge is 0.406 e. The largest absolute Gasteiger partial charge is 0.573 e. The fourth-order valence-electron chi connectivity index (χ4n) is 4.29. The van der Waals surface area contributed by atoms with Crippen LogP contribution in [0.25, 0.3) is 17.1 Å². The van der Waals surface area contributed by atoms with Gasteiger partial charge in [0.2, 0.25) is 5.91 Å². The molecule has 3 aromatic carbocycles. The van der Waals surface area contributed by atoms with Crippen LogP contribution in [0.4, 0.5) is 46.9 Å². The summed E-state index contributed by atoms with van der Waals surface area (Å²) in [6.07, 6.45) is -8.23. The number of thioether (sulfide) groups is 1. The normalized spacial score (nSPS) is 14.6. The number of amidine groups is 1. The Morgan fingerprint density at radius 2 is 1.85 bits per heavy atom. The number of hydrogen-bond donors (Lipinski definition) is 1. The minimum atomic E-state index is -4.89.